The minimum absolute atomic E-state index is 0.0788. The van der Waals surface area contributed by atoms with E-state index < -0.39 is 24.6 Å². The molecule has 2 aromatic heterocycles. The van der Waals surface area contributed by atoms with Crippen molar-refractivity contribution in [1.29, 1.82) is 0 Å². The van der Waals surface area contributed by atoms with Crippen molar-refractivity contribution in [2.45, 2.75) is 38.8 Å². The molecule has 0 amide bonds. The van der Waals surface area contributed by atoms with Gasteiger partial charge in [0.1, 0.15) is 46.7 Å². The highest BCUT2D eigenvalue weighted by Gasteiger charge is 2.20. The molecule has 1 N–H and O–H groups in total. The van der Waals surface area contributed by atoms with Gasteiger partial charge >= 0.3 is 17.6 Å². The second-order valence-electron chi connectivity index (χ2n) is 12.5. The summed E-state index contributed by atoms with van der Waals surface area (Å²) in [4.78, 5) is 38.3. The Bertz CT molecular complexity index is 2580. The van der Waals surface area contributed by atoms with Gasteiger partial charge < -0.3 is 28.8 Å². The summed E-state index contributed by atoms with van der Waals surface area (Å²) in [6, 6.07) is 21.7. The summed E-state index contributed by atoms with van der Waals surface area (Å²) in [5, 5.41) is 15.8. The number of ether oxygens (including phenoxy) is 5. The Balaban J connectivity index is 0.000000173. The Morgan fingerprint density at radius 1 is 0.867 bits per heavy atom. The number of fused-ring (bicyclic) bond motifs is 2. The zero-order chi connectivity index (χ0) is 43.3. The van der Waals surface area contributed by atoms with E-state index in [1.165, 1.54) is 17.9 Å². The second-order valence-corrected chi connectivity index (χ2v) is 14.6. The van der Waals surface area contributed by atoms with Crippen LogP contribution >= 0.6 is 58.0 Å². The molecule has 6 aromatic rings. The number of esters is 1. The van der Waals surface area contributed by atoms with Crippen LogP contribution in [0.3, 0.4) is 0 Å². The van der Waals surface area contributed by atoms with Gasteiger partial charge in [-0.15, -0.1) is 11.5 Å². The fourth-order valence-electron chi connectivity index (χ4n) is 5.52. The zero-order valence-corrected chi connectivity index (χ0v) is 35.7. The zero-order valence-electron chi connectivity index (χ0n) is 31.9. The number of carboxylic acids is 1. The minimum atomic E-state index is -1.03. The van der Waals surface area contributed by atoms with E-state index in [2.05, 4.69) is 20.7 Å². The molecule has 7 rings (SSSR count). The maximum atomic E-state index is 12.5. The molecule has 3 heterocycles. The molecule has 0 saturated heterocycles. The molecule has 0 bridgehead atoms. The first kappa shape index (κ1) is 45.5. The lowest BCUT2D eigenvalue weighted by molar-refractivity contribution is -0.148. The number of terminal acetylenes is 1. The van der Waals surface area contributed by atoms with Crippen LogP contribution in [-0.4, -0.2) is 62.8 Å². The van der Waals surface area contributed by atoms with Gasteiger partial charge in [-0.2, -0.15) is 4.68 Å². The molecule has 1 aliphatic heterocycles. The van der Waals surface area contributed by atoms with Crippen LogP contribution in [0.2, 0.25) is 25.1 Å². The highest BCUT2D eigenvalue weighted by atomic mass is 35.5. The summed E-state index contributed by atoms with van der Waals surface area (Å²) in [6.45, 7) is 1.98. The number of aryl methyl sites for hydroxylation is 1. The minimum Gasteiger partial charge on any atom is -0.480 e. The Morgan fingerprint density at radius 3 is 2.27 bits per heavy atom. The van der Waals surface area contributed by atoms with Crippen molar-refractivity contribution in [3.05, 3.63) is 126 Å². The first-order valence-corrected chi connectivity index (χ1v) is 19.8. The molecule has 4 aromatic carbocycles. The predicted molar refractivity (Wildman–Crippen MR) is 230 cm³/mol. The third-order valence-corrected chi connectivity index (χ3v) is 9.79. The number of aliphatic carboxylic acids is 1. The van der Waals surface area contributed by atoms with Crippen LogP contribution in [0.4, 0.5) is 0 Å². The quantitative estimate of drug-likeness (QED) is 0.0977. The molecule has 0 spiro atoms. The molecule has 0 aliphatic carbocycles. The lowest BCUT2D eigenvalue weighted by Gasteiger charge is -2.13. The van der Waals surface area contributed by atoms with E-state index in [1.807, 2.05) is 0 Å². The number of benzene rings is 4. The molecule has 60 heavy (non-hydrogen) atoms. The van der Waals surface area contributed by atoms with Crippen LogP contribution in [0.15, 0.2) is 89.9 Å². The molecule has 1 aliphatic rings. The number of halogens is 5. The van der Waals surface area contributed by atoms with Crippen LogP contribution in [0.5, 0.6) is 28.7 Å². The maximum absolute atomic E-state index is 12.5. The molecular weight excluding hydrogens is 882 g/mol. The highest BCUT2D eigenvalue weighted by Crippen LogP contribution is 2.34. The fourth-order valence-corrected chi connectivity index (χ4v) is 6.70. The number of hydrogen-bond donors (Lipinski definition) is 1. The largest absolute Gasteiger partial charge is 0.480 e. The van der Waals surface area contributed by atoms with E-state index >= 15 is 0 Å². The second kappa shape index (κ2) is 21.6. The highest BCUT2D eigenvalue weighted by molar-refractivity contribution is 6.37. The normalized spacial score (nSPS) is 12.0. The van der Waals surface area contributed by atoms with Gasteiger partial charge in [0, 0.05) is 35.6 Å². The summed E-state index contributed by atoms with van der Waals surface area (Å²) in [6.07, 6.45) is 8.90. The number of nitrogens with zero attached hydrogens (tertiary/aromatic N) is 4. The lowest BCUT2D eigenvalue weighted by atomic mass is 10.2. The van der Waals surface area contributed by atoms with E-state index in [9.17, 15) is 14.4 Å². The Morgan fingerprint density at radius 2 is 1.58 bits per heavy atom. The summed E-state index contributed by atoms with van der Waals surface area (Å²) in [5.74, 6) is 4.09. The van der Waals surface area contributed by atoms with Crippen LogP contribution in [-0.2, 0) is 27.3 Å². The molecular formula is C42H35Cl5N4O9. The summed E-state index contributed by atoms with van der Waals surface area (Å²) >= 11 is 30.1. The summed E-state index contributed by atoms with van der Waals surface area (Å²) < 4.78 is 29.1. The van der Waals surface area contributed by atoms with Gasteiger partial charge in [-0.1, -0.05) is 63.9 Å². The van der Waals surface area contributed by atoms with Crippen LogP contribution in [0.1, 0.15) is 25.6 Å². The maximum Gasteiger partial charge on any atom is 0.350 e. The number of carbonyl (C=O) groups is 2. The van der Waals surface area contributed by atoms with Gasteiger partial charge in [0.15, 0.2) is 12.7 Å². The van der Waals surface area contributed by atoms with Crippen LogP contribution in [0.25, 0.3) is 16.6 Å². The van der Waals surface area contributed by atoms with E-state index in [0.717, 1.165) is 30.5 Å². The number of aromatic nitrogens is 4. The first-order valence-electron chi connectivity index (χ1n) is 17.9. The lowest BCUT2D eigenvalue weighted by Crippen LogP contribution is -2.26. The standard InChI is InChI=1S/C16H14Cl2O4.C15H13Cl2N3O2.C11H8ClNO3/c1-10(16(19)20-2)21-12-4-6-13(7-5-12)22-15-8-3-11(17)9-14(15)18;1-2-7-22-13-9-12(10(16)8-11(13)17)20-15(21)19-6-4-3-5-14(19)18-20;12-8-3-4-9(16-6-10(14)15)11-7(8)2-1-5-13-11/h3-10H,1-2H3;1,8-9H,3-7H2;1-5H,6H2,(H,14,15). The Labute approximate surface area is 369 Å². The van der Waals surface area contributed by atoms with E-state index in [4.69, 9.17) is 88.5 Å². The summed E-state index contributed by atoms with van der Waals surface area (Å²) in [5.41, 5.74) is 0.795. The van der Waals surface area contributed by atoms with Crippen molar-refractivity contribution >= 4 is 80.8 Å². The smallest absolute Gasteiger partial charge is 0.350 e. The van der Waals surface area contributed by atoms with Crippen molar-refractivity contribution in [2.24, 2.45) is 0 Å². The van der Waals surface area contributed by atoms with Crippen molar-refractivity contribution in [2.75, 3.05) is 20.3 Å². The number of methoxy groups -OCH3 is 1. The van der Waals surface area contributed by atoms with Crippen molar-refractivity contribution in [3.63, 3.8) is 0 Å². The van der Waals surface area contributed by atoms with Gasteiger partial charge in [-0.3, -0.25) is 9.55 Å². The fraction of sp³-hybridized carbons (Fsp3) is 0.214. The van der Waals surface area contributed by atoms with Crippen LogP contribution in [0, 0.1) is 12.3 Å². The van der Waals surface area contributed by atoms with Crippen molar-refractivity contribution in [3.8, 4) is 46.8 Å². The van der Waals surface area contributed by atoms with E-state index in [0.29, 0.717) is 71.6 Å². The molecule has 0 saturated carbocycles. The number of pyridine rings is 1. The topological polar surface area (TPSA) is 153 Å². The van der Waals surface area contributed by atoms with Gasteiger partial charge in [0.05, 0.1) is 32.9 Å². The SMILES string of the molecule is C#CCOc1cc(-n2nc3n(c2=O)CCCC3)c(Cl)cc1Cl.COC(=O)C(C)Oc1ccc(Oc2ccc(Cl)cc2Cl)cc1.O=C(O)COc1ccc(Cl)c2cccnc12. The summed E-state index contributed by atoms with van der Waals surface area (Å²) in [7, 11) is 1.31. The average molecular weight is 917 g/mol. The molecule has 13 nitrogen and oxygen atoms in total. The van der Waals surface area contributed by atoms with Crippen molar-refractivity contribution < 1.29 is 38.4 Å². The number of rotatable bonds is 11. The molecule has 312 valence electrons. The number of hydrogen-bond acceptors (Lipinski definition) is 10. The van der Waals surface area contributed by atoms with Gasteiger partial charge in [-0.25, -0.2) is 14.4 Å². The van der Waals surface area contributed by atoms with Crippen molar-refractivity contribution in [1.82, 2.24) is 19.3 Å². The Hall–Kier alpha value is -5.62. The third-order valence-electron chi connectivity index (χ3n) is 8.33. The van der Waals surface area contributed by atoms with Gasteiger partial charge in [0.25, 0.3) is 0 Å². The average Bonchev–Trinajstić information content (AvgIpc) is 3.57. The predicted octanol–water partition coefficient (Wildman–Crippen LogP) is 9.77. The molecule has 1 atom stereocenters. The molecule has 0 fully saturated rings. The van der Waals surface area contributed by atoms with Crippen LogP contribution < -0.4 is 24.6 Å². The van der Waals surface area contributed by atoms with E-state index in [-0.39, 0.29) is 12.3 Å². The third kappa shape index (κ3) is 12.0. The molecule has 0 radical (unpaired) electrons. The van der Waals surface area contributed by atoms with Gasteiger partial charge in [-0.05, 0) is 92.6 Å². The molecule has 18 heteroatoms. The first-order chi connectivity index (χ1) is 28.8. The molecule has 1 unspecified atom stereocenters. The number of carboxylic acid groups (broad SMARTS) is 1. The monoisotopic (exact) mass is 914 g/mol. The Kier molecular flexibility index (Phi) is 16.4. The van der Waals surface area contributed by atoms with E-state index in [1.54, 1.807) is 90.5 Å². The number of carbonyl (C=O) groups excluding carboxylic acids is 1. The van der Waals surface area contributed by atoms with Gasteiger partial charge in [0.2, 0.25) is 0 Å².